The molecule has 17 heavy (non-hydrogen) atoms. The minimum Gasteiger partial charge on any atom is -0.477 e. The van der Waals surface area contributed by atoms with E-state index in [0.717, 1.165) is 7.05 Å². The van der Waals surface area contributed by atoms with Crippen molar-refractivity contribution in [3.05, 3.63) is 17.5 Å². The molecule has 0 aliphatic carbocycles. The van der Waals surface area contributed by atoms with Crippen molar-refractivity contribution >= 4 is 5.97 Å². The van der Waals surface area contributed by atoms with E-state index in [1.807, 2.05) is 0 Å². The minimum absolute atomic E-state index is 0.400. The zero-order valence-corrected chi connectivity index (χ0v) is 8.42. The van der Waals surface area contributed by atoms with E-state index >= 15 is 0 Å². The molecule has 4 nitrogen and oxygen atoms in total. The SMILES string of the molecule is Cn1nc(C(F)(F)F)cc1CC(F)(F)C(=O)O. The van der Waals surface area contributed by atoms with E-state index in [9.17, 15) is 26.7 Å². The largest absolute Gasteiger partial charge is 0.477 e. The van der Waals surface area contributed by atoms with E-state index in [4.69, 9.17) is 5.11 Å². The highest BCUT2D eigenvalue weighted by Crippen LogP contribution is 2.30. The number of carbonyl (C=O) groups is 1. The molecule has 0 aliphatic rings. The first-order chi connectivity index (χ1) is 7.54. The highest BCUT2D eigenvalue weighted by Gasteiger charge is 2.41. The number of aryl methyl sites for hydroxylation is 1. The molecule has 1 heterocycles. The van der Waals surface area contributed by atoms with E-state index < -0.39 is 35.9 Å². The summed E-state index contributed by atoms with van der Waals surface area (Å²) >= 11 is 0. The van der Waals surface area contributed by atoms with Gasteiger partial charge in [-0.3, -0.25) is 4.68 Å². The lowest BCUT2D eigenvalue weighted by Gasteiger charge is -2.10. The van der Waals surface area contributed by atoms with Gasteiger partial charge >= 0.3 is 18.1 Å². The third-order valence-electron chi connectivity index (χ3n) is 1.98. The Labute approximate surface area is 91.6 Å². The molecule has 0 saturated carbocycles. The van der Waals surface area contributed by atoms with Crippen LogP contribution in [0.15, 0.2) is 6.07 Å². The van der Waals surface area contributed by atoms with E-state index in [1.54, 1.807) is 0 Å². The van der Waals surface area contributed by atoms with Crippen LogP contribution >= 0.6 is 0 Å². The van der Waals surface area contributed by atoms with Gasteiger partial charge in [0.1, 0.15) is 0 Å². The van der Waals surface area contributed by atoms with E-state index in [2.05, 4.69) is 5.10 Å². The maximum absolute atomic E-state index is 12.8. The Morgan fingerprint density at radius 2 is 1.94 bits per heavy atom. The van der Waals surface area contributed by atoms with Crippen LogP contribution in [0.4, 0.5) is 22.0 Å². The van der Waals surface area contributed by atoms with Crippen molar-refractivity contribution in [3.63, 3.8) is 0 Å². The predicted molar refractivity (Wildman–Crippen MR) is 44.5 cm³/mol. The molecule has 0 amide bonds. The average molecular weight is 258 g/mol. The van der Waals surface area contributed by atoms with E-state index in [1.165, 1.54) is 0 Å². The van der Waals surface area contributed by atoms with Crippen molar-refractivity contribution in [1.82, 2.24) is 9.78 Å². The predicted octanol–water partition coefficient (Wildman–Crippen LogP) is 1.70. The van der Waals surface area contributed by atoms with Crippen LogP contribution in [0, 0.1) is 0 Å². The Morgan fingerprint density at radius 3 is 2.29 bits per heavy atom. The van der Waals surface area contributed by atoms with Crippen molar-refractivity contribution < 1.29 is 31.9 Å². The number of carboxylic acids is 1. The summed E-state index contributed by atoms with van der Waals surface area (Å²) in [7, 11) is 1.03. The summed E-state index contributed by atoms with van der Waals surface area (Å²) in [5, 5.41) is 11.1. The first kappa shape index (κ1) is 13.4. The Balaban J connectivity index is 3.02. The van der Waals surface area contributed by atoms with Crippen LogP contribution in [0.25, 0.3) is 0 Å². The fourth-order valence-electron chi connectivity index (χ4n) is 1.11. The molecule has 0 saturated heterocycles. The number of hydrogen-bond donors (Lipinski definition) is 1. The maximum Gasteiger partial charge on any atom is 0.435 e. The topological polar surface area (TPSA) is 55.1 Å². The van der Waals surface area contributed by atoms with Gasteiger partial charge < -0.3 is 5.11 Å². The first-order valence-electron chi connectivity index (χ1n) is 4.25. The summed E-state index contributed by atoms with van der Waals surface area (Å²) < 4.78 is 62.8. The molecule has 9 heteroatoms. The van der Waals surface area contributed by atoms with Crippen LogP contribution in [0.3, 0.4) is 0 Å². The van der Waals surface area contributed by atoms with Crippen molar-refractivity contribution in [2.45, 2.75) is 18.5 Å². The van der Waals surface area contributed by atoms with Gasteiger partial charge in [-0.05, 0) is 6.07 Å². The highest BCUT2D eigenvalue weighted by molar-refractivity contribution is 5.75. The smallest absolute Gasteiger partial charge is 0.435 e. The second-order valence-electron chi connectivity index (χ2n) is 3.33. The van der Waals surface area contributed by atoms with Crippen LogP contribution < -0.4 is 0 Å². The average Bonchev–Trinajstić information content (AvgIpc) is 2.46. The lowest BCUT2D eigenvalue weighted by Crippen LogP contribution is -2.31. The van der Waals surface area contributed by atoms with Gasteiger partial charge in [-0.1, -0.05) is 0 Å². The van der Waals surface area contributed by atoms with Crippen LogP contribution in [-0.2, 0) is 24.4 Å². The molecule has 0 atom stereocenters. The number of alkyl halides is 5. The van der Waals surface area contributed by atoms with Crippen LogP contribution in [0.1, 0.15) is 11.4 Å². The molecule has 1 aromatic rings. The second kappa shape index (κ2) is 3.97. The minimum atomic E-state index is -4.76. The standard InChI is InChI=1S/C8H7F5N2O2/c1-15-4(3-7(9,10)6(16)17)2-5(14-15)8(11,12)13/h2H,3H2,1H3,(H,16,17). The molecule has 0 spiro atoms. The molecule has 0 aromatic carbocycles. The number of aromatic nitrogens is 2. The number of aliphatic carboxylic acids is 1. The molecule has 0 aliphatic heterocycles. The Morgan fingerprint density at radius 1 is 1.41 bits per heavy atom. The molecule has 0 unspecified atom stereocenters. The zero-order chi connectivity index (χ0) is 13.4. The first-order valence-corrected chi connectivity index (χ1v) is 4.25. The molecule has 0 radical (unpaired) electrons. The number of halogens is 5. The van der Waals surface area contributed by atoms with Crippen molar-refractivity contribution in [2.75, 3.05) is 0 Å². The fraction of sp³-hybridized carbons (Fsp3) is 0.500. The monoisotopic (exact) mass is 258 g/mol. The summed E-state index contributed by atoms with van der Waals surface area (Å²) in [5.41, 5.74) is -1.85. The Hall–Kier alpha value is -1.67. The van der Waals surface area contributed by atoms with Gasteiger partial charge in [-0.15, -0.1) is 0 Å². The normalized spacial score (nSPS) is 12.8. The lowest BCUT2D eigenvalue weighted by molar-refractivity contribution is -0.164. The van der Waals surface area contributed by atoms with Crippen LogP contribution in [0.5, 0.6) is 0 Å². The van der Waals surface area contributed by atoms with E-state index in [0.29, 0.717) is 10.7 Å². The maximum atomic E-state index is 12.8. The number of hydrogen-bond acceptors (Lipinski definition) is 2. The van der Waals surface area contributed by atoms with Gasteiger partial charge in [0.2, 0.25) is 0 Å². The Kier molecular flexibility index (Phi) is 3.13. The number of nitrogens with zero attached hydrogens (tertiary/aromatic N) is 2. The van der Waals surface area contributed by atoms with Crippen LogP contribution in [-0.4, -0.2) is 26.8 Å². The van der Waals surface area contributed by atoms with Crippen molar-refractivity contribution in [2.24, 2.45) is 7.05 Å². The van der Waals surface area contributed by atoms with Gasteiger partial charge in [0.25, 0.3) is 0 Å². The quantitative estimate of drug-likeness (QED) is 0.839. The van der Waals surface area contributed by atoms with Crippen molar-refractivity contribution in [3.8, 4) is 0 Å². The third kappa shape index (κ3) is 2.92. The van der Waals surface area contributed by atoms with Gasteiger partial charge in [0.15, 0.2) is 5.69 Å². The third-order valence-corrected chi connectivity index (χ3v) is 1.98. The summed E-state index contributed by atoms with van der Waals surface area (Å²) in [6, 6.07) is 0.400. The number of rotatable bonds is 3. The van der Waals surface area contributed by atoms with Gasteiger partial charge in [0, 0.05) is 12.7 Å². The summed E-state index contributed by atoms with van der Waals surface area (Å²) in [6.07, 6.45) is -6.10. The summed E-state index contributed by atoms with van der Waals surface area (Å²) in [6.45, 7) is 0. The van der Waals surface area contributed by atoms with Gasteiger partial charge in [-0.25, -0.2) is 4.79 Å². The molecule has 0 bridgehead atoms. The van der Waals surface area contributed by atoms with Crippen molar-refractivity contribution in [1.29, 1.82) is 0 Å². The fourth-order valence-corrected chi connectivity index (χ4v) is 1.11. The highest BCUT2D eigenvalue weighted by atomic mass is 19.4. The summed E-state index contributed by atoms with van der Waals surface area (Å²) in [4.78, 5) is 10.1. The zero-order valence-electron chi connectivity index (χ0n) is 8.42. The molecule has 1 aromatic heterocycles. The molecule has 1 rings (SSSR count). The molecule has 0 fully saturated rings. The molecule has 1 N–H and O–H groups in total. The van der Waals surface area contributed by atoms with Crippen LogP contribution in [0.2, 0.25) is 0 Å². The van der Waals surface area contributed by atoms with Gasteiger partial charge in [0.05, 0.1) is 6.42 Å². The number of carboxylic acid groups (broad SMARTS) is 1. The van der Waals surface area contributed by atoms with E-state index in [-0.39, 0.29) is 0 Å². The molecular formula is C8H7F5N2O2. The van der Waals surface area contributed by atoms with Gasteiger partial charge in [-0.2, -0.15) is 27.1 Å². The molecular weight excluding hydrogens is 251 g/mol. The molecule has 96 valence electrons. The summed E-state index contributed by atoms with van der Waals surface area (Å²) in [5.74, 6) is -6.52. The second-order valence-corrected chi connectivity index (χ2v) is 3.33. The Bertz CT molecular complexity index is 438. The lowest BCUT2D eigenvalue weighted by atomic mass is 10.2.